The summed E-state index contributed by atoms with van der Waals surface area (Å²) in [6.45, 7) is 8.26. The van der Waals surface area contributed by atoms with Crippen molar-refractivity contribution < 1.29 is 9.47 Å². The van der Waals surface area contributed by atoms with Crippen molar-refractivity contribution in [2.45, 2.75) is 32.6 Å². The molecule has 0 aliphatic carbocycles. The van der Waals surface area contributed by atoms with Gasteiger partial charge in [0, 0.05) is 0 Å². The Morgan fingerprint density at radius 1 is 0.913 bits per heavy atom. The van der Waals surface area contributed by atoms with Crippen LogP contribution in [0.4, 0.5) is 0 Å². The van der Waals surface area contributed by atoms with Crippen molar-refractivity contribution in [3.8, 4) is 11.5 Å². The van der Waals surface area contributed by atoms with Crippen LogP contribution in [0.3, 0.4) is 0 Å². The van der Waals surface area contributed by atoms with E-state index in [1.807, 2.05) is 36.4 Å². The Bertz CT molecular complexity index is 617. The molecule has 0 aromatic heterocycles. The van der Waals surface area contributed by atoms with Crippen LogP contribution in [0.15, 0.2) is 48.5 Å². The second-order valence-corrected chi connectivity index (χ2v) is 6.63. The Labute approximate surface area is 139 Å². The molecular weight excluding hydrogens is 286 g/mol. The molecule has 0 bridgehead atoms. The van der Waals surface area contributed by atoms with Crippen LogP contribution in [0, 0.1) is 0 Å². The summed E-state index contributed by atoms with van der Waals surface area (Å²) in [5.41, 5.74) is 8.06. The van der Waals surface area contributed by atoms with Crippen LogP contribution >= 0.6 is 0 Å². The zero-order valence-corrected chi connectivity index (χ0v) is 14.3. The molecule has 3 heteroatoms. The normalized spacial score (nSPS) is 11.3. The summed E-state index contributed by atoms with van der Waals surface area (Å²) in [5.74, 6) is 1.80. The largest absolute Gasteiger partial charge is 0.490 e. The first-order valence-electron chi connectivity index (χ1n) is 8.15. The molecule has 0 saturated carbocycles. The highest BCUT2D eigenvalue weighted by Crippen LogP contribution is 2.30. The van der Waals surface area contributed by atoms with Gasteiger partial charge in [0.25, 0.3) is 0 Å². The van der Waals surface area contributed by atoms with Gasteiger partial charge in [-0.25, -0.2) is 0 Å². The molecule has 0 unspecified atom stereocenters. The second-order valence-electron chi connectivity index (χ2n) is 6.63. The Kier molecular flexibility index (Phi) is 6.05. The third kappa shape index (κ3) is 5.29. The third-order valence-electron chi connectivity index (χ3n) is 3.64. The number of ether oxygens (including phenoxy) is 2. The van der Waals surface area contributed by atoms with E-state index in [1.165, 1.54) is 11.1 Å². The van der Waals surface area contributed by atoms with Gasteiger partial charge in [-0.2, -0.15) is 0 Å². The summed E-state index contributed by atoms with van der Waals surface area (Å²) < 4.78 is 11.7. The highest BCUT2D eigenvalue weighted by atomic mass is 16.5. The first kappa shape index (κ1) is 17.4. The Balaban J connectivity index is 1.88. The molecule has 0 atom stereocenters. The van der Waals surface area contributed by atoms with Gasteiger partial charge in [-0.3, -0.25) is 0 Å². The molecular formula is C20H27NO2. The van der Waals surface area contributed by atoms with Crippen LogP contribution in [0.25, 0.3) is 0 Å². The Morgan fingerprint density at radius 2 is 1.65 bits per heavy atom. The van der Waals surface area contributed by atoms with E-state index < -0.39 is 0 Å². The monoisotopic (exact) mass is 313 g/mol. The lowest BCUT2D eigenvalue weighted by Gasteiger charge is -2.22. The predicted molar refractivity (Wildman–Crippen MR) is 95.3 cm³/mol. The molecule has 0 amide bonds. The molecule has 2 aromatic rings. The van der Waals surface area contributed by atoms with Gasteiger partial charge in [0.05, 0.1) is 0 Å². The van der Waals surface area contributed by atoms with Crippen LogP contribution in [0.1, 0.15) is 31.9 Å². The molecule has 0 radical (unpaired) electrons. The minimum Gasteiger partial charge on any atom is -0.490 e. The Morgan fingerprint density at radius 3 is 2.39 bits per heavy atom. The fourth-order valence-electron chi connectivity index (χ4n) is 2.48. The fourth-order valence-corrected chi connectivity index (χ4v) is 2.48. The van der Waals surface area contributed by atoms with Gasteiger partial charge >= 0.3 is 0 Å². The SMILES string of the molecule is CC(C)(C)c1ccccc1OCCOc1cccc(CCN)c1. The number of hydrogen-bond acceptors (Lipinski definition) is 3. The molecule has 0 saturated heterocycles. The summed E-state index contributed by atoms with van der Waals surface area (Å²) in [6.07, 6.45) is 0.868. The maximum absolute atomic E-state index is 5.92. The van der Waals surface area contributed by atoms with Crippen LogP contribution in [0.2, 0.25) is 0 Å². The molecule has 0 spiro atoms. The molecule has 0 aliphatic rings. The topological polar surface area (TPSA) is 44.5 Å². The van der Waals surface area contributed by atoms with Gasteiger partial charge in [-0.1, -0.05) is 51.1 Å². The highest BCUT2D eigenvalue weighted by molar-refractivity contribution is 5.38. The number of para-hydroxylation sites is 1. The van der Waals surface area contributed by atoms with Gasteiger partial charge in [0.2, 0.25) is 0 Å². The van der Waals surface area contributed by atoms with E-state index >= 15 is 0 Å². The van der Waals surface area contributed by atoms with Gasteiger partial charge in [0.15, 0.2) is 0 Å². The van der Waals surface area contributed by atoms with E-state index in [0.29, 0.717) is 19.8 Å². The Hall–Kier alpha value is -2.00. The zero-order valence-electron chi connectivity index (χ0n) is 14.3. The average molecular weight is 313 g/mol. The van der Waals surface area contributed by atoms with Crippen molar-refractivity contribution >= 4 is 0 Å². The number of rotatable bonds is 7. The molecule has 0 fully saturated rings. The second kappa shape index (κ2) is 8.02. The number of hydrogen-bond donors (Lipinski definition) is 1. The van der Waals surface area contributed by atoms with E-state index in [-0.39, 0.29) is 5.41 Å². The lowest BCUT2D eigenvalue weighted by molar-refractivity contribution is 0.214. The maximum Gasteiger partial charge on any atom is 0.123 e. The first-order chi connectivity index (χ1) is 11.0. The zero-order chi connectivity index (χ0) is 16.7. The lowest BCUT2D eigenvalue weighted by atomic mass is 9.86. The van der Waals surface area contributed by atoms with E-state index in [4.69, 9.17) is 15.2 Å². The minimum absolute atomic E-state index is 0.0635. The highest BCUT2D eigenvalue weighted by Gasteiger charge is 2.18. The molecule has 2 N–H and O–H groups in total. The van der Waals surface area contributed by atoms with Crippen molar-refractivity contribution in [2.75, 3.05) is 19.8 Å². The molecule has 0 heterocycles. The lowest BCUT2D eigenvalue weighted by Crippen LogP contribution is -2.15. The molecule has 124 valence electrons. The molecule has 23 heavy (non-hydrogen) atoms. The van der Waals surface area contributed by atoms with Crippen LogP contribution in [0.5, 0.6) is 11.5 Å². The van der Waals surface area contributed by atoms with Crippen LogP contribution in [-0.2, 0) is 11.8 Å². The van der Waals surface area contributed by atoms with Gasteiger partial charge < -0.3 is 15.2 Å². The summed E-state index contributed by atoms with van der Waals surface area (Å²) in [4.78, 5) is 0. The molecule has 2 rings (SSSR count). The standard InChI is InChI=1S/C20H27NO2/c1-20(2,3)18-9-4-5-10-19(18)23-14-13-22-17-8-6-7-16(15-17)11-12-21/h4-10,15H,11-14,21H2,1-3H3. The molecule has 3 nitrogen and oxygen atoms in total. The third-order valence-corrected chi connectivity index (χ3v) is 3.64. The quantitative estimate of drug-likeness (QED) is 0.787. The van der Waals surface area contributed by atoms with Crippen molar-refractivity contribution in [1.82, 2.24) is 0 Å². The van der Waals surface area contributed by atoms with Crippen molar-refractivity contribution in [3.63, 3.8) is 0 Å². The molecule has 2 aromatic carbocycles. The first-order valence-corrected chi connectivity index (χ1v) is 8.15. The van der Waals surface area contributed by atoms with E-state index in [1.54, 1.807) is 0 Å². The summed E-state index contributed by atoms with van der Waals surface area (Å²) in [7, 11) is 0. The van der Waals surface area contributed by atoms with Crippen LogP contribution in [-0.4, -0.2) is 19.8 Å². The van der Waals surface area contributed by atoms with Crippen LogP contribution < -0.4 is 15.2 Å². The maximum atomic E-state index is 5.92. The summed E-state index contributed by atoms with van der Waals surface area (Å²) >= 11 is 0. The minimum atomic E-state index is 0.0635. The predicted octanol–water partition coefficient (Wildman–Crippen LogP) is 3.94. The van der Waals surface area contributed by atoms with E-state index in [0.717, 1.165) is 17.9 Å². The number of benzene rings is 2. The van der Waals surface area contributed by atoms with E-state index in [2.05, 4.69) is 32.9 Å². The van der Waals surface area contributed by atoms with Gasteiger partial charge in [-0.05, 0) is 47.7 Å². The van der Waals surface area contributed by atoms with Gasteiger partial charge in [0.1, 0.15) is 24.7 Å². The summed E-state index contributed by atoms with van der Waals surface area (Å²) in [6, 6.07) is 16.2. The van der Waals surface area contributed by atoms with Gasteiger partial charge in [-0.15, -0.1) is 0 Å². The smallest absolute Gasteiger partial charge is 0.123 e. The van der Waals surface area contributed by atoms with Crippen molar-refractivity contribution in [3.05, 3.63) is 59.7 Å². The van der Waals surface area contributed by atoms with Crippen molar-refractivity contribution in [2.24, 2.45) is 5.73 Å². The molecule has 0 aliphatic heterocycles. The number of nitrogens with two attached hydrogens (primary N) is 1. The fraction of sp³-hybridized carbons (Fsp3) is 0.400. The average Bonchev–Trinajstić information content (AvgIpc) is 2.52. The summed E-state index contributed by atoms with van der Waals surface area (Å²) in [5, 5.41) is 0. The van der Waals surface area contributed by atoms with Crippen molar-refractivity contribution in [1.29, 1.82) is 0 Å². The van der Waals surface area contributed by atoms with E-state index in [9.17, 15) is 0 Å².